The van der Waals surface area contributed by atoms with Gasteiger partial charge < -0.3 is 29.2 Å². The number of hydrogen-bond acceptors (Lipinski definition) is 11. The van der Waals surface area contributed by atoms with Crippen LogP contribution in [-0.4, -0.2) is 56.4 Å². The molecule has 2 aromatic carbocycles. The molecule has 0 aliphatic carbocycles. The highest BCUT2D eigenvalue weighted by atomic mass is 32.1. The molecule has 2 unspecified atom stereocenters. The Bertz CT molecular complexity index is 1610. The van der Waals surface area contributed by atoms with Gasteiger partial charge in [-0.25, -0.2) is 9.59 Å². The molecule has 44 heavy (non-hydrogen) atoms. The second kappa shape index (κ2) is 12.9. The lowest BCUT2D eigenvalue weighted by Crippen LogP contribution is -2.39. The number of amides is 1. The molecule has 1 amide bonds. The number of carbonyl (C=O) groups excluding carboxylic acids is 3. The number of piperidine rings is 1. The lowest BCUT2D eigenvalue weighted by Gasteiger charge is -2.36. The predicted molar refractivity (Wildman–Crippen MR) is 163 cm³/mol. The van der Waals surface area contributed by atoms with Gasteiger partial charge in [0, 0.05) is 24.0 Å². The van der Waals surface area contributed by atoms with Gasteiger partial charge in [0.1, 0.15) is 10.7 Å². The van der Waals surface area contributed by atoms with Crippen LogP contribution in [0.4, 0.5) is 16.4 Å². The lowest BCUT2D eigenvalue weighted by atomic mass is 9.91. The van der Waals surface area contributed by atoms with E-state index in [0.29, 0.717) is 54.1 Å². The van der Waals surface area contributed by atoms with Crippen LogP contribution in [0, 0.1) is 28.9 Å². The number of fused-ring (bicyclic) bond motifs is 1. The Hall–Kier alpha value is -4.65. The van der Waals surface area contributed by atoms with Crippen molar-refractivity contribution in [2.75, 3.05) is 43.8 Å². The average Bonchev–Trinajstić information content (AvgIpc) is 3.58. The van der Waals surface area contributed by atoms with Gasteiger partial charge in [-0.15, -0.1) is 11.3 Å². The highest BCUT2D eigenvalue weighted by molar-refractivity contribution is 7.16. The molecule has 2 aliphatic heterocycles. The molecule has 5 rings (SSSR count). The zero-order valence-corrected chi connectivity index (χ0v) is 25.7. The van der Waals surface area contributed by atoms with Crippen molar-refractivity contribution < 1.29 is 38.3 Å². The Labute approximate surface area is 258 Å². The number of benzene rings is 2. The van der Waals surface area contributed by atoms with Gasteiger partial charge in [-0.2, -0.15) is 0 Å². The second-order valence-electron chi connectivity index (χ2n) is 11.1. The Kier molecular flexibility index (Phi) is 9.04. The first-order valence-corrected chi connectivity index (χ1v) is 14.9. The first-order chi connectivity index (χ1) is 21.0. The zero-order chi connectivity index (χ0) is 31.5. The number of ether oxygens (including phenoxy) is 4. The van der Waals surface area contributed by atoms with Crippen LogP contribution in [0.5, 0.6) is 11.5 Å². The molecular formula is C31H33N3O9S. The molecule has 1 N–H and O–H groups in total. The zero-order valence-electron chi connectivity index (χ0n) is 24.8. The maximum Gasteiger partial charge on any atom is 0.341 e. The topological polar surface area (TPSA) is 147 Å². The quantitative estimate of drug-likeness (QED) is 0.188. The number of nitro benzene ring substituents is 1. The minimum Gasteiger partial charge on any atom is -0.465 e. The molecule has 1 fully saturated rings. The van der Waals surface area contributed by atoms with E-state index in [9.17, 15) is 24.5 Å². The van der Waals surface area contributed by atoms with Crippen molar-refractivity contribution in [3.63, 3.8) is 0 Å². The van der Waals surface area contributed by atoms with Crippen molar-refractivity contribution in [1.82, 2.24) is 0 Å². The Balaban J connectivity index is 1.27. The number of hydrogen-bond donors (Lipinski definition) is 1. The van der Waals surface area contributed by atoms with Gasteiger partial charge in [-0.3, -0.25) is 14.9 Å². The lowest BCUT2D eigenvalue weighted by molar-refractivity contribution is -0.384. The number of esters is 2. The highest BCUT2D eigenvalue weighted by Gasteiger charge is 2.29. The maximum absolute atomic E-state index is 12.8. The van der Waals surface area contributed by atoms with Gasteiger partial charge in [0.05, 0.1) is 23.2 Å². The van der Waals surface area contributed by atoms with Crippen LogP contribution < -0.4 is 19.7 Å². The number of nitrogens with one attached hydrogen (secondary N) is 1. The van der Waals surface area contributed by atoms with Crippen LogP contribution in [0.1, 0.15) is 57.0 Å². The second-order valence-corrected chi connectivity index (χ2v) is 12.4. The first-order valence-electron chi connectivity index (χ1n) is 14.1. The molecule has 1 saturated heterocycles. The standard InChI is InChI=1S/C31H33N3O9S/c1-17-9-18(2)14-33(13-17)23-7-6-21(12-24(23)34(38)39)30(36)41-15-27(35)32-29-28(31(37)40-4)22(19(3)44-29)10-20-5-8-25-26(11-20)43-16-42-25/h5-8,11-12,17-18H,9-10,13-16H2,1-4H3,(H,32,35). The summed E-state index contributed by atoms with van der Waals surface area (Å²) in [4.78, 5) is 52.6. The molecular weight excluding hydrogens is 590 g/mol. The highest BCUT2D eigenvalue weighted by Crippen LogP contribution is 2.38. The molecule has 2 aliphatic rings. The number of aryl methyl sites for hydroxylation is 1. The minimum absolute atomic E-state index is 0.0420. The molecule has 2 atom stereocenters. The van der Waals surface area contributed by atoms with E-state index < -0.39 is 29.4 Å². The Morgan fingerprint density at radius 2 is 1.80 bits per heavy atom. The van der Waals surface area contributed by atoms with Crippen molar-refractivity contribution in [2.45, 2.75) is 33.6 Å². The molecule has 0 radical (unpaired) electrons. The van der Waals surface area contributed by atoms with E-state index in [-0.39, 0.29) is 28.6 Å². The number of thiophene rings is 1. The Morgan fingerprint density at radius 1 is 1.07 bits per heavy atom. The van der Waals surface area contributed by atoms with E-state index in [1.807, 2.05) is 24.0 Å². The first kappa shape index (κ1) is 30.8. The number of anilines is 2. The Morgan fingerprint density at radius 3 is 2.50 bits per heavy atom. The van der Waals surface area contributed by atoms with Crippen LogP contribution in [0.15, 0.2) is 36.4 Å². The third-order valence-electron chi connectivity index (χ3n) is 7.62. The van der Waals surface area contributed by atoms with Gasteiger partial charge in [0.25, 0.3) is 11.6 Å². The summed E-state index contributed by atoms with van der Waals surface area (Å²) in [7, 11) is 1.25. The van der Waals surface area contributed by atoms with E-state index in [4.69, 9.17) is 18.9 Å². The summed E-state index contributed by atoms with van der Waals surface area (Å²) in [5.74, 6) is -0.163. The fourth-order valence-electron chi connectivity index (χ4n) is 5.75. The molecule has 3 aromatic rings. The van der Waals surface area contributed by atoms with Gasteiger partial charge in [0.2, 0.25) is 6.79 Å². The van der Waals surface area contributed by atoms with Crippen LogP contribution in [0.2, 0.25) is 0 Å². The summed E-state index contributed by atoms with van der Waals surface area (Å²) >= 11 is 1.20. The molecule has 0 saturated carbocycles. The summed E-state index contributed by atoms with van der Waals surface area (Å²) in [6, 6.07) is 9.70. The largest absolute Gasteiger partial charge is 0.465 e. The monoisotopic (exact) mass is 623 g/mol. The van der Waals surface area contributed by atoms with Crippen molar-refractivity contribution >= 4 is 45.6 Å². The van der Waals surface area contributed by atoms with Crippen molar-refractivity contribution in [3.8, 4) is 11.5 Å². The van der Waals surface area contributed by atoms with Gasteiger partial charge in [-0.05, 0) is 67.0 Å². The number of nitrogens with zero attached hydrogens (tertiary/aromatic N) is 2. The van der Waals surface area contributed by atoms with Crippen LogP contribution in [0.25, 0.3) is 0 Å². The molecule has 1 aromatic heterocycles. The van der Waals surface area contributed by atoms with E-state index >= 15 is 0 Å². The SMILES string of the molecule is COC(=O)c1c(NC(=O)COC(=O)c2ccc(N3CC(C)CC(C)C3)c([N+](=O)[O-])c2)sc(C)c1Cc1ccc2c(c1)OCO2. The average molecular weight is 624 g/mol. The summed E-state index contributed by atoms with van der Waals surface area (Å²) in [6.45, 7) is 6.90. The van der Waals surface area contributed by atoms with Crippen LogP contribution in [-0.2, 0) is 20.7 Å². The molecule has 13 heteroatoms. The van der Waals surface area contributed by atoms with Gasteiger partial charge >= 0.3 is 11.9 Å². The molecule has 3 heterocycles. The molecule has 232 valence electrons. The summed E-state index contributed by atoms with van der Waals surface area (Å²) in [5, 5.41) is 14.8. The normalized spacial score (nSPS) is 17.2. The third-order valence-corrected chi connectivity index (χ3v) is 8.68. The van der Waals surface area contributed by atoms with Gasteiger partial charge in [0.15, 0.2) is 18.1 Å². The van der Waals surface area contributed by atoms with Crippen LogP contribution >= 0.6 is 11.3 Å². The maximum atomic E-state index is 12.8. The fourth-order valence-corrected chi connectivity index (χ4v) is 6.83. The summed E-state index contributed by atoms with van der Waals surface area (Å²) in [5.41, 5.74) is 1.97. The van der Waals surface area contributed by atoms with E-state index in [1.165, 1.54) is 30.6 Å². The van der Waals surface area contributed by atoms with Crippen molar-refractivity contribution in [1.29, 1.82) is 0 Å². The number of carbonyl (C=O) groups is 3. The van der Waals surface area contributed by atoms with Crippen LogP contribution in [0.3, 0.4) is 0 Å². The van der Waals surface area contributed by atoms with Crippen molar-refractivity contribution in [3.05, 3.63) is 73.6 Å². The van der Waals surface area contributed by atoms with E-state index in [1.54, 1.807) is 12.1 Å². The number of nitro groups is 1. The van der Waals surface area contributed by atoms with Crippen molar-refractivity contribution in [2.24, 2.45) is 11.8 Å². The van der Waals surface area contributed by atoms with E-state index in [0.717, 1.165) is 16.9 Å². The predicted octanol–water partition coefficient (Wildman–Crippen LogP) is 5.35. The van der Waals surface area contributed by atoms with E-state index in [2.05, 4.69) is 19.2 Å². The summed E-state index contributed by atoms with van der Waals surface area (Å²) in [6.07, 6.45) is 1.42. The number of methoxy groups -OCH3 is 1. The smallest absolute Gasteiger partial charge is 0.341 e. The minimum atomic E-state index is -0.880. The number of rotatable bonds is 9. The summed E-state index contributed by atoms with van der Waals surface area (Å²) < 4.78 is 21.0. The van der Waals surface area contributed by atoms with Gasteiger partial charge in [-0.1, -0.05) is 19.9 Å². The molecule has 0 bridgehead atoms. The molecule has 0 spiro atoms. The third kappa shape index (κ3) is 6.62. The molecule has 12 nitrogen and oxygen atoms in total. The fraction of sp³-hybridized carbons (Fsp3) is 0.387.